The molecule has 2 heterocycles. The largest absolute Gasteiger partial charge is 0.379 e. The molecule has 2 aromatic carbocycles. The number of aromatic nitrogens is 1. The fraction of sp³-hybridized carbons (Fsp3) is 0.316. The van der Waals surface area contributed by atoms with Crippen LogP contribution in [0.15, 0.2) is 42.5 Å². The van der Waals surface area contributed by atoms with Gasteiger partial charge in [0.1, 0.15) is 10.8 Å². The molecule has 0 saturated carbocycles. The average Bonchev–Trinajstić information content (AvgIpc) is 3.04. The smallest absolute Gasteiger partial charge is 0.124 e. The van der Waals surface area contributed by atoms with Gasteiger partial charge >= 0.3 is 0 Å². The van der Waals surface area contributed by atoms with Gasteiger partial charge < -0.3 is 5.32 Å². The first-order chi connectivity index (χ1) is 12.3. The van der Waals surface area contributed by atoms with Crippen LogP contribution in [0.25, 0.3) is 10.2 Å². The van der Waals surface area contributed by atoms with Gasteiger partial charge in [-0.2, -0.15) is 11.8 Å². The van der Waals surface area contributed by atoms with E-state index in [4.69, 9.17) is 0 Å². The van der Waals surface area contributed by atoms with Gasteiger partial charge in [-0.1, -0.05) is 12.1 Å². The highest BCUT2D eigenvalue weighted by molar-refractivity contribution is 7.99. The molecule has 25 heavy (non-hydrogen) atoms. The highest BCUT2D eigenvalue weighted by Gasteiger charge is 2.10. The van der Waals surface area contributed by atoms with Crippen LogP contribution in [-0.4, -0.2) is 34.5 Å². The van der Waals surface area contributed by atoms with Gasteiger partial charge in [-0.15, -0.1) is 11.3 Å². The van der Waals surface area contributed by atoms with Crippen LogP contribution in [-0.2, 0) is 13.1 Å². The number of rotatable bonds is 5. The summed E-state index contributed by atoms with van der Waals surface area (Å²) in [5.41, 5.74) is 3.30. The van der Waals surface area contributed by atoms with E-state index in [1.807, 2.05) is 11.8 Å². The zero-order valence-corrected chi connectivity index (χ0v) is 15.5. The van der Waals surface area contributed by atoms with Crippen molar-refractivity contribution in [3.8, 4) is 0 Å². The summed E-state index contributed by atoms with van der Waals surface area (Å²) in [4.78, 5) is 7.06. The normalized spacial score (nSPS) is 15.6. The van der Waals surface area contributed by atoms with Gasteiger partial charge in [0.2, 0.25) is 0 Å². The second-order valence-corrected chi connectivity index (χ2v) is 8.50. The molecule has 1 aliphatic rings. The van der Waals surface area contributed by atoms with E-state index in [1.54, 1.807) is 12.1 Å². The predicted molar refractivity (Wildman–Crippen MR) is 106 cm³/mol. The molecule has 3 aromatic rings. The molecule has 0 aliphatic carbocycles. The third-order valence-corrected chi connectivity index (χ3v) is 6.26. The summed E-state index contributed by atoms with van der Waals surface area (Å²) in [6.07, 6.45) is 0. The van der Waals surface area contributed by atoms with Crippen LogP contribution >= 0.6 is 23.1 Å². The number of thioether (sulfide) groups is 1. The maximum atomic E-state index is 13.3. The summed E-state index contributed by atoms with van der Waals surface area (Å²) in [5.74, 6) is 2.27. The van der Waals surface area contributed by atoms with E-state index in [2.05, 4.69) is 39.5 Å². The average molecular weight is 374 g/mol. The quantitative estimate of drug-likeness (QED) is 0.708. The van der Waals surface area contributed by atoms with Crippen molar-refractivity contribution in [3.05, 3.63) is 58.9 Å². The van der Waals surface area contributed by atoms with Crippen LogP contribution in [0, 0.1) is 5.82 Å². The first kappa shape index (κ1) is 16.8. The van der Waals surface area contributed by atoms with E-state index < -0.39 is 0 Å². The fourth-order valence-corrected chi connectivity index (χ4v) is 4.86. The topological polar surface area (TPSA) is 28.2 Å². The Hall–Kier alpha value is -1.63. The zero-order chi connectivity index (χ0) is 17.1. The molecule has 0 amide bonds. The summed E-state index contributed by atoms with van der Waals surface area (Å²) in [6, 6.07) is 13.4. The molecule has 3 nitrogen and oxygen atoms in total. The Morgan fingerprint density at radius 3 is 2.68 bits per heavy atom. The Labute approximate surface area is 155 Å². The molecule has 0 bridgehead atoms. The molecule has 0 spiro atoms. The number of halogens is 1. The van der Waals surface area contributed by atoms with Crippen LogP contribution in [0.2, 0.25) is 0 Å². The fourth-order valence-electron chi connectivity index (χ4n) is 2.94. The minimum absolute atomic E-state index is 0.210. The molecule has 1 aromatic heterocycles. The predicted octanol–water partition coefficient (Wildman–Crippen LogP) is 4.60. The van der Waals surface area contributed by atoms with E-state index in [-0.39, 0.29) is 5.82 Å². The van der Waals surface area contributed by atoms with Crippen molar-refractivity contribution in [1.29, 1.82) is 0 Å². The van der Waals surface area contributed by atoms with Gasteiger partial charge in [0.05, 0.1) is 16.8 Å². The second-order valence-electron chi connectivity index (χ2n) is 6.16. The van der Waals surface area contributed by atoms with Gasteiger partial charge in [-0.3, -0.25) is 4.90 Å². The van der Waals surface area contributed by atoms with Gasteiger partial charge in [-0.05, 0) is 35.9 Å². The molecule has 6 heteroatoms. The summed E-state index contributed by atoms with van der Waals surface area (Å²) in [6.45, 7) is 4.06. The molecule has 1 aliphatic heterocycles. The van der Waals surface area contributed by atoms with E-state index in [1.165, 1.54) is 47.6 Å². The van der Waals surface area contributed by atoms with E-state index in [9.17, 15) is 4.39 Å². The molecular formula is C19H20FN3S2. The molecular weight excluding hydrogens is 353 g/mol. The van der Waals surface area contributed by atoms with Gasteiger partial charge in [0.15, 0.2) is 0 Å². The molecule has 0 unspecified atom stereocenters. The molecule has 4 rings (SSSR count). The number of fused-ring (bicyclic) bond motifs is 1. The Balaban J connectivity index is 1.35. The lowest BCUT2D eigenvalue weighted by atomic mass is 10.2. The summed E-state index contributed by atoms with van der Waals surface area (Å²) in [7, 11) is 0. The number of nitrogens with zero attached hydrogens (tertiary/aromatic N) is 2. The van der Waals surface area contributed by atoms with Crippen LogP contribution in [0.1, 0.15) is 10.6 Å². The minimum Gasteiger partial charge on any atom is -0.379 e. The van der Waals surface area contributed by atoms with Gasteiger partial charge in [0, 0.05) is 36.8 Å². The number of nitrogens with one attached hydrogen (secondary N) is 1. The molecule has 1 N–H and O–H groups in total. The maximum Gasteiger partial charge on any atom is 0.124 e. The lowest BCUT2D eigenvalue weighted by Crippen LogP contribution is -2.31. The summed E-state index contributed by atoms with van der Waals surface area (Å²) in [5, 5.41) is 4.37. The third-order valence-electron chi connectivity index (χ3n) is 4.30. The highest BCUT2D eigenvalue weighted by atomic mass is 32.2. The lowest BCUT2D eigenvalue weighted by molar-refractivity contribution is 0.294. The standard InChI is InChI=1S/C19H20FN3S2/c20-15-3-6-17-18(11-15)25-19(22-17)12-21-16-4-1-14(2-5-16)13-23-7-9-24-10-8-23/h1-6,11,21H,7-10,12-13H2. The van der Waals surface area contributed by atoms with Crippen molar-refractivity contribution in [1.82, 2.24) is 9.88 Å². The van der Waals surface area contributed by atoms with Crippen molar-refractivity contribution < 1.29 is 4.39 Å². The van der Waals surface area contributed by atoms with Crippen molar-refractivity contribution >= 4 is 39.0 Å². The second kappa shape index (κ2) is 7.72. The third kappa shape index (κ3) is 4.32. The maximum absolute atomic E-state index is 13.3. The van der Waals surface area contributed by atoms with E-state index in [0.29, 0.717) is 6.54 Å². The van der Waals surface area contributed by atoms with Gasteiger partial charge in [0.25, 0.3) is 0 Å². The van der Waals surface area contributed by atoms with Crippen LogP contribution in [0.5, 0.6) is 0 Å². The van der Waals surface area contributed by atoms with E-state index in [0.717, 1.165) is 27.5 Å². The highest BCUT2D eigenvalue weighted by Crippen LogP contribution is 2.24. The van der Waals surface area contributed by atoms with Crippen molar-refractivity contribution in [3.63, 3.8) is 0 Å². The molecule has 0 atom stereocenters. The lowest BCUT2D eigenvalue weighted by Gasteiger charge is -2.26. The Morgan fingerprint density at radius 1 is 1.08 bits per heavy atom. The molecule has 130 valence electrons. The Morgan fingerprint density at radius 2 is 1.88 bits per heavy atom. The monoisotopic (exact) mass is 373 g/mol. The Bertz CT molecular complexity index is 842. The Kier molecular flexibility index (Phi) is 5.20. The van der Waals surface area contributed by atoms with Crippen molar-refractivity contribution in [2.45, 2.75) is 13.1 Å². The minimum atomic E-state index is -0.210. The number of thiazole rings is 1. The molecule has 0 radical (unpaired) electrons. The van der Waals surface area contributed by atoms with E-state index >= 15 is 0 Å². The summed E-state index contributed by atoms with van der Waals surface area (Å²) < 4.78 is 14.2. The van der Waals surface area contributed by atoms with Gasteiger partial charge in [-0.25, -0.2) is 9.37 Å². The molecule has 1 fully saturated rings. The van der Waals surface area contributed by atoms with Crippen LogP contribution in [0.4, 0.5) is 10.1 Å². The molecule has 1 saturated heterocycles. The number of hydrogen-bond acceptors (Lipinski definition) is 5. The van der Waals surface area contributed by atoms with Crippen LogP contribution in [0.3, 0.4) is 0 Å². The summed E-state index contributed by atoms with van der Waals surface area (Å²) >= 11 is 3.58. The first-order valence-electron chi connectivity index (χ1n) is 8.44. The first-order valence-corrected chi connectivity index (χ1v) is 10.4. The number of anilines is 1. The zero-order valence-electron chi connectivity index (χ0n) is 13.9. The van der Waals surface area contributed by atoms with Crippen molar-refractivity contribution in [2.24, 2.45) is 0 Å². The van der Waals surface area contributed by atoms with Crippen molar-refractivity contribution in [2.75, 3.05) is 29.9 Å². The number of hydrogen-bond donors (Lipinski definition) is 1. The number of benzene rings is 2. The SMILES string of the molecule is Fc1ccc2nc(CNc3ccc(CN4CCSCC4)cc3)sc2c1. The van der Waals surface area contributed by atoms with Crippen LogP contribution < -0.4 is 5.32 Å².